The quantitative estimate of drug-likeness (QED) is 0.295. The molecule has 0 amide bonds. The lowest BCUT2D eigenvalue weighted by atomic mass is 9.96. The van der Waals surface area contributed by atoms with Crippen molar-refractivity contribution in [3.63, 3.8) is 0 Å². The number of hydrogen-bond donors (Lipinski definition) is 0. The van der Waals surface area contributed by atoms with Crippen molar-refractivity contribution < 1.29 is 9.63 Å². The molecule has 5 rings (SSSR count). The van der Waals surface area contributed by atoms with Crippen LogP contribution in [-0.4, -0.2) is 35.6 Å². The van der Waals surface area contributed by atoms with E-state index >= 15 is 0 Å². The van der Waals surface area contributed by atoms with Gasteiger partial charge in [0.25, 0.3) is 0 Å². The topological polar surface area (TPSA) is 41.9 Å². The van der Waals surface area contributed by atoms with Gasteiger partial charge in [-0.3, -0.25) is 9.69 Å². The smallest absolute Gasteiger partial charge is 0.172 e. The van der Waals surface area contributed by atoms with Crippen LogP contribution in [0, 0.1) is 0 Å². The molecule has 1 saturated heterocycles. The molecule has 182 valence electrons. The standard InChI is InChI=1S/C29H31ClN2O2S/c30-29-16-15-28(35-29)27(33)14-13-24-19-26(31-34-24)22-11-9-21(10-12-22)25-8-4-3-7-23(25)20-32-17-5-1-2-6-18-32/h3-4,7-12,15-16,24H,1-2,5-6,13-14,17-20H2. The summed E-state index contributed by atoms with van der Waals surface area (Å²) in [6.07, 6.45) is 7.08. The number of rotatable bonds is 8. The fourth-order valence-electron chi connectivity index (χ4n) is 4.95. The lowest BCUT2D eigenvalue weighted by molar-refractivity contribution is 0.0720. The number of likely N-dealkylation sites (tertiary alicyclic amines) is 1. The first-order valence-electron chi connectivity index (χ1n) is 12.6. The van der Waals surface area contributed by atoms with Crippen molar-refractivity contribution in [2.24, 2.45) is 5.16 Å². The number of Topliss-reactive ketones (excluding diaryl/α,β-unsaturated/α-hetero) is 1. The van der Waals surface area contributed by atoms with Gasteiger partial charge in [0, 0.05) is 19.4 Å². The number of carbonyl (C=O) groups is 1. The SMILES string of the molecule is O=C(CCC1CC(c2ccc(-c3ccccc3CN3CCCCCC3)cc2)=NO1)c1ccc(Cl)s1. The minimum Gasteiger partial charge on any atom is -0.392 e. The number of carbonyl (C=O) groups excluding carboxylic acids is 1. The van der Waals surface area contributed by atoms with E-state index in [1.807, 2.05) is 0 Å². The Hall–Kier alpha value is -2.47. The fraction of sp³-hybridized carbons (Fsp3) is 0.379. The number of benzene rings is 2. The predicted octanol–water partition coefficient (Wildman–Crippen LogP) is 7.60. The van der Waals surface area contributed by atoms with E-state index in [0.717, 1.165) is 24.2 Å². The van der Waals surface area contributed by atoms with Crippen molar-refractivity contribution >= 4 is 34.4 Å². The molecule has 1 unspecified atom stereocenters. The Morgan fingerprint density at radius 1 is 0.971 bits per heavy atom. The molecule has 35 heavy (non-hydrogen) atoms. The van der Waals surface area contributed by atoms with Gasteiger partial charge in [0.15, 0.2) is 5.78 Å². The molecule has 6 heteroatoms. The Bertz CT molecular complexity index is 1180. The number of ketones is 1. The second-order valence-corrected chi connectivity index (χ2v) is 11.2. The number of nitrogens with zero attached hydrogens (tertiary/aromatic N) is 2. The molecule has 0 radical (unpaired) electrons. The molecule has 1 atom stereocenters. The maximum absolute atomic E-state index is 12.4. The zero-order valence-corrected chi connectivity index (χ0v) is 21.5. The average Bonchev–Trinajstić information content (AvgIpc) is 3.46. The molecule has 4 nitrogen and oxygen atoms in total. The molecule has 1 fully saturated rings. The first kappa shape index (κ1) is 24.2. The van der Waals surface area contributed by atoms with Gasteiger partial charge in [0.2, 0.25) is 0 Å². The average molecular weight is 507 g/mol. The molecule has 2 aromatic carbocycles. The first-order chi connectivity index (χ1) is 17.2. The summed E-state index contributed by atoms with van der Waals surface area (Å²) in [6, 6.07) is 21.0. The first-order valence-corrected chi connectivity index (χ1v) is 13.8. The van der Waals surface area contributed by atoms with E-state index < -0.39 is 0 Å². The largest absolute Gasteiger partial charge is 0.392 e. The highest BCUT2D eigenvalue weighted by Crippen LogP contribution is 2.28. The van der Waals surface area contributed by atoms with Crippen molar-refractivity contribution in [1.29, 1.82) is 0 Å². The van der Waals surface area contributed by atoms with Crippen LogP contribution in [0.2, 0.25) is 4.34 Å². The summed E-state index contributed by atoms with van der Waals surface area (Å²) in [6.45, 7) is 3.40. The minimum absolute atomic E-state index is 0.0570. The molecule has 1 aromatic heterocycles. The molecule has 3 heterocycles. The van der Waals surface area contributed by atoms with Gasteiger partial charge < -0.3 is 4.84 Å². The summed E-state index contributed by atoms with van der Waals surface area (Å²) < 4.78 is 0.643. The van der Waals surface area contributed by atoms with Gasteiger partial charge in [-0.25, -0.2) is 0 Å². The summed E-state index contributed by atoms with van der Waals surface area (Å²) in [4.78, 5) is 21.3. The molecule has 0 saturated carbocycles. The van der Waals surface area contributed by atoms with E-state index in [0.29, 0.717) is 22.1 Å². The van der Waals surface area contributed by atoms with Gasteiger partial charge in [-0.1, -0.05) is 78.1 Å². The van der Waals surface area contributed by atoms with E-state index in [4.69, 9.17) is 16.4 Å². The molecule has 3 aromatic rings. The van der Waals surface area contributed by atoms with Gasteiger partial charge >= 0.3 is 0 Å². The fourth-order valence-corrected chi connectivity index (χ4v) is 5.96. The van der Waals surface area contributed by atoms with Crippen molar-refractivity contribution in [3.8, 4) is 11.1 Å². The van der Waals surface area contributed by atoms with Crippen molar-refractivity contribution in [2.45, 2.75) is 57.6 Å². The number of oxime groups is 1. The maximum Gasteiger partial charge on any atom is 0.172 e. The Balaban J connectivity index is 1.19. The van der Waals surface area contributed by atoms with Crippen LogP contribution in [0.15, 0.2) is 65.8 Å². The van der Waals surface area contributed by atoms with Crippen molar-refractivity contribution in [2.75, 3.05) is 13.1 Å². The second kappa shape index (κ2) is 11.5. The van der Waals surface area contributed by atoms with Gasteiger partial charge in [0.1, 0.15) is 6.10 Å². The highest BCUT2D eigenvalue weighted by atomic mass is 35.5. The maximum atomic E-state index is 12.4. The number of hydrogen-bond acceptors (Lipinski definition) is 5. The third-order valence-corrected chi connectivity index (χ3v) is 8.19. The van der Waals surface area contributed by atoms with Crippen LogP contribution in [0.1, 0.15) is 65.7 Å². The summed E-state index contributed by atoms with van der Waals surface area (Å²) in [5, 5.41) is 4.33. The van der Waals surface area contributed by atoms with E-state index in [1.165, 1.54) is 66.8 Å². The highest BCUT2D eigenvalue weighted by Gasteiger charge is 2.23. The molecular formula is C29H31ClN2O2S. The third-order valence-electron chi connectivity index (χ3n) is 6.91. The van der Waals surface area contributed by atoms with Crippen molar-refractivity contribution in [1.82, 2.24) is 4.90 Å². The molecular weight excluding hydrogens is 476 g/mol. The van der Waals surface area contributed by atoms with Crippen LogP contribution in [-0.2, 0) is 11.4 Å². The monoisotopic (exact) mass is 506 g/mol. The van der Waals surface area contributed by atoms with Gasteiger partial charge in [0.05, 0.1) is 14.9 Å². The molecule has 0 bridgehead atoms. The van der Waals surface area contributed by atoms with Gasteiger partial charge in [-0.2, -0.15) is 0 Å². The summed E-state index contributed by atoms with van der Waals surface area (Å²) >= 11 is 7.28. The summed E-state index contributed by atoms with van der Waals surface area (Å²) in [5.74, 6) is 0.113. The Kier molecular flexibility index (Phi) is 7.97. The Morgan fingerprint density at radius 3 is 2.46 bits per heavy atom. The van der Waals surface area contributed by atoms with Gasteiger partial charge in [-0.05, 0) is 66.7 Å². The zero-order chi connectivity index (χ0) is 24.0. The van der Waals surface area contributed by atoms with E-state index in [-0.39, 0.29) is 11.9 Å². The highest BCUT2D eigenvalue weighted by molar-refractivity contribution is 7.18. The molecule has 0 aliphatic carbocycles. The number of halogens is 1. The molecule has 2 aliphatic rings. The van der Waals surface area contributed by atoms with Crippen molar-refractivity contribution in [3.05, 3.63) is 81.0 Å². The van der Waals surface area contributed by atoms with E-state index in [9.17, 15) is 4.79 Å². The summed E-state index contributed by atoms with van der Waals surface area (Å²) in [5.41, 5.74) is 5.96. The Morgan fingerprint density at radius 2 is 1.71 bits per heavy atom. The molecule has 0 N–H and O–H groups in total. The summed E-state index contributed by atoms with van der Waals surface area (Å²) in [7, 11) is 0. The van der Waals surface area contributed by atoms with E-state index in [1.54, 1.807) is 12.1 Å². The van der Waals surface area contributed by atoms with Crippen LogP contribution in [0.5, 0.6) is 0 Å². The Labute approximate surface area is 216 Å². The second-order valence-electron chi connectivity index (χ2n) is 9.46. The lowest BCUT2D eigenvalue weighted by Crippen LogP contribution is -2.24. The molecule has 0 spiro atoms. The van der Waals surface area contributed by atoms with Crippen LogP contribution in [0.25, 0.3) is 11.1 Å². The zero-order valence-electron chi connectivity index (χ0n) is 19.9. The molecule has 2 aliphatic heterocycles. The lowest BCUT2D eigenvalue weighted by Gasteiger charge is -2.21. The third kappa shape index (κ3) is 6.21. The minimum atomic E-state index is -0.0570. The van der Waals surface area contributed by atoms with E-state index in [2.05, 4.69) is 58.6 Å². The van der Waals surface area contributed by atoms with Crippen LogP contribution in [0.3, 0.4) is 0 Å². The van der Waals surface area contributed by atoms with Crippen LogP contribution >= 0.6 is 22.9 Å². The number of thiophene rings is 1. The van der Waals surface area contributed by atoms with Gasteiger partial charge in [-0.15, -0.1) is 11.3 Å². The van der Waals surface area contributed by atoms with Crippen LogP contribution < -0.4 is 0 Å². The predicted molar refractivity (Wildman–Crippen MR) is 145 cm³/mol. The normalized spacial score (nSPS) is 18.7. The van der Waals surface area contributed by atoms with Crippen LogP contribution in [0.4, 0.5) is 0 Å².